The summed E-state index contributed by atoms with van der Waals surface area (Å²) in [7, 11) is 0. The number of esters is 1. The average Bonchev–Trinajstić information content (AvgIpc) is 2.04. The van der Waals surface area contributed by atoms with E-state index in [0.29, 0.717) is 6.42 Å². The van der Waals surface area contributed by atoms with Crippen LogP contribution in [-0.2, 0) is 9.53 Å². The third kappa shape index (κ3) is 15.9. The Bertz CT molecular complexity index is 167. The molecule has 3 nitrogen and oxygen atoms in total. The Kier molecular flexibility index (Phi) is 10.8. The van der Waals surface area contributed by atoms with Crippen LogP contribution >= 0.6 is 0 Å². The molecule has 0 aromatic carbocycles. The fourth-order valence-electron chi connectivity index (χ4n) is 0.235. The van der Waals surface area contributed by atoms with Crippen LogP contribution in [0.5, 0.6) is 0 Å². The van der Waals surface area contributed by atoms with Crippen LogP contribution in [0.25, 0.3) is 0 Å². The lowest BCUT2D eigenvalue weighted by Gasteiger charge is -1.90. The zero-order valence-corrected chi connectivity index (χ0v) is 7.41. The second kappa shape index (κ2) is 9.73. The first-order valence-electron chi connectivity index (χ1n) is 3.50. The fraction of sp³-hybridized carbons (Fsp3) is 0.444. The molecule has 0 aliphatic heterocycles. The molecule has 0 aliphatic carbocycles. The van der Waals surface area contributed by atoms with Crippen molar-refractivity contribution >= 4 is 5.97 Å². The smallest absolute Gasteiger partial charge is 0.307 e. The summed E-state index contributed by atoms with van der Waals surface area (Å²) in [6.07, 6.45) is 5.99. The summed E-state index contributed by atoms with van der Waals surface area (Å²) in [5, 5.41) is 8.43. The zero-order chi connectivity index (χ0) is 9.98. The van der Waals surface area contributed by atoms with E-state index in [0.717, 1.165) is 6.26 Å². The molecule has 0 aliphatic rings. The summed E-state index contributed by atoms with van der Waals surface area (Å²) in [4.78, 5) is 9.75. The molecule has 12 heavy (non-hydrogen) atoms. The number of aliphatic hydroxyl groups excluding tert-OH is 1. The number of hydrogen-bond acceptors (Lipinski definition) is 3. The molecule has 3 heteroatoms. The van der Waals surface area contributed by atoms with Gasteiger partial charge in [0.2, 0.25) is 0 Å². The van der Waals surface area contributed by atoms with Gasteiger partial charge in [-0.2, -0.15) is 0 Å². The van der Waals surface area contributed by atoms with Gasteiger partial charge < -0.3 is 9.84 Å². The molecule has 0 amide bonds. The highest BCUT2D eigenvalue weighted by atomic mass is 16.5. The zero-order valence-electron chi connectivity index (χ0n) is 7.41. The van der Waals surface area contributed by atoms with Crippen molar-refractivity contribution in [2.45, 2.75) is 26.4 Å². The van der Waals surface area contributed by atoms with Crippen molar-refractivity contribution < 1.29 is 14.6 Å². The highest BCUT2D eigenvalue weighted by Gasteiger charge is 1.86. The van der Waals surface area contributed by atoms with E-state index in [2.05, 4.69) is 17.2 Å². The first-order chi connectivity index (χ1) is 5.58. The molecule has 0 spiro atoms. The Morgan fingerprint density at radius 1 is 1.92 bits per heavy atom. The molecule has 1 atom stereocenters. The maximum absolute atomic E-state index is 9.75. The molecule has 0 radical (unpaired) electrons. The van der Waals surface area contributed by atoms with Gasteiger partial charge in [-0.05, 0) is 6.42 Å². The van der Waals surface area contributed by atoms with Crippen LogP contribution in [0.2, 0.25) is 0 Å². The van der Waals surface area contributed by atoms with E-state index in [9.17, 15) is 4.79 Å². The largest absolute Gasteiger partial charge is 0.435 e. The normalized spacial score (nSPS) is 9.83. The van der Waals surface area contributed by atoms with Gasteiger partial charge in [-0.15, -0.1) is 6.42 Å². The third-order valence-corrected chi connectivity index (χ3v) is 0.828. The lowest BCUT2D eigenvalue weighted by molar-refractivity contribution is -0.135. The Morgan fingerprint density at radius 2 is 2.42 bits per heavy atom. The third-order valence-electron chi connectivity index (χ3n) is 0.828. The Hall–Kier alpha value is -1.27. The summed E-state index contributed by atoms with van der Waals surface area (Å²) in [5.74, 6) is 1.84. The van der Waals surface area contributed by atoms with E-state index in [1.54, 1.807) is 0 Å². The second-order valence-corrected chi connectivity index (χ2v) is 1.87. The first kappa shape index (κ1) is 13.3. The molecule has 0 saturated heterocycles. The van der Waals surface area contributed by atoms with Crippen molar-refractivity contribution in [2.75, 3.05) is 0 Å². The second-order valence-electron chi connectivity index (χ2n) is 1.87. The van der Waals surface area contributed by atoms with Crippen molar-refractivity contribution in [3.8, 4) is 12.3 Å². The number of terminal acetylenes is 1. The van der Waals surface area contributed by atoms with Crippen LogP contribution < -0.4 is 0 Å². The van der Waals surface area contributed by atoms with E-state index in [1.807, 2.05) is 6.92 Å². The molecule has 0 aromatic heterocycles. The van der Waals surface area contributed by atoms with Crippen molar-refractivity contribution in [1.82, 2.24) is 0 Å². The first-order valence-corrected chi connectivity index (χ1v) is 3.50. The molecular weight excluding hydrogens is 156 g/mol. The Morgan fingerprint density at radius 3 is 2.42 bits per heavy atom. The van der Waals surface area contributed by atoms with Gasteiger partial charge in [0.05, 0.1) is 6.26 Å². The topological polar surface area (TPSA) is 46.5 Å². The van der Waals surface area contributed by atoms with Gasteiger partial charge in [-0.25, -0.2) is 0 Å². The van der Waals surface area contributed by atoms with Gasteiger partial charge >= 0.3 is 5.97 Å². The minimum Gasteiger partial charge on any atom is -0.435 e. The van der Waals surface area contributed by atoms with Gasteiger partial charge in [0.15, 0.2) is 0 Å². The monoisotopic (exact) mass is 170 g/mol. The molecule has 1 unspecified atom stereocenters. The van der Waals surface area contributed by atoms with E-state index >= 15 is 0 Å². The van der Waals surface area contributed by atoms with Crippen LogP contribution in [0.1, 0.15) is 20.3 Å². The van der Waals surface area contributed by atoms with Crippen molar-refractivity contribution in [1.29, 1.82) is 0 Å². The minimum absolute atomic E-state index is 0.329. The summed E-state index contributed by atoms with van der Waals surface area (Å²) in [6, 6.07) is 0. The molecule has 0 rings (SSSR count). The van der Waals surface area contributed by atoms with Gasteiger partial charge in [0.25, 0.3) is 0 Å². The van der Waals surface area contributed by atoms with E-state index in [1.165, 1.54) is 6.92 Å². The average molecular weight is 170 g/mol. The molecule has 0 fully saturated rings. The van der Waals surface area contributed by atoms with Gasteiger partial charge in [-0.1, -0.05) is 19.4 Å². The predicted molar refractivity (Wildman–Crippen MR) is 47.1 cm³/mol. The summed E-state index contributed by atoms with van der Waals surface area (Å²) in [6.45, 7) is 6.32. The van der Waals surface area contributed by atoms with Gasteiger partial charge in [0.1, 0.15) is 6.10 Å². The summed E-state index contributed by atoms with van der Waals surface area (Å²) in [5.41, 5.74) is 0. The van der Waals surface area contributed by atoms with Crippen LogP contribution in [0.4, 0.5) is 0 Å². The molecule has 68 valence electrons. The number of rotatable bonds is 2. The molecule has 0 bridgehead atoms. The molecule has 0 aromatic rings. The van der Waals surface area contributed by atoms with Crippen molar-refractivity contribution in [3.05, 3.63) is 12.8 Å². The van der Waals surface area contributed by atoms with E-state index in [4.69, 9.17) is 11.5 Å². The lowest BCUT2D eigenvalue weighted by atomic mass is 10.3. The van der Waals surface area contributed by atoms with Crippen LogP contribution in [0, 0.1) is 12.3 Å². The molecule has 1 N–H and O–H groups in total. The maximum atomic E-state index is 9.75. The molecular formula is C9H14O3. The number of carbonyl (C=O) groups excluding carboxylic acids is 1. The number of hydrogen-bond donors (Lipinski definition) is 1. The fourth-order valence-corrected chi connectivity index (χ4v) is 0.235. The Labute approximate surface area is 73.0 Å². The number of aliphatic hydroxyl groups is 1. The quantitative estimate of drug-likeness (QED) is 0.383. The van der Waals surface area contributed by atoms with Gasteiger partial charge in [-0.3, -0.25) is 4.79 Å². The van der Waals surface area contributed by atoms with Crippen molar-refractivity contribution in [2.24, 2.45) is 0 Å². The van der Waals surface area contributed by atoms with E-state index < -0.39 is 6.10 Å². The van der Waals surface area contributed by atoms with Gasteiger partial charge in [0, 0.05) is 6.92 Å². The maximum Gasteiger partial charge on any atom is 0.307 e. The standard InChI is InChI=1S/C5H8O.C4H6O2/c1-3-5(6)4-2;1-3-6-4(2)5/h1,5-6H,4H2,2H3;3H,1H2,2H3. The van der Waals surface area contributed by atoms with E-state index in [-0.39, 0.29) is 5.97 Å². The number of carbonyl (C=O) groups is 1. The summed E-state index contributed by atoms with van der Waals surface area (Å²) >= 11 is 0. The molecule has 0 heterocycles. The minimum atomic E-state index is -0.537. The highest BCUT2D eigenvalue weighted by Crippen LogP contribution is 1.82. The van der Waals surface area contributed by atoms with Crippen LogP contribution in [-0.4, -0.2) is 17.2 Å². The SMILES string of the molecule is C#CC(O)CC.C=COC(C)=O. The Balaban J connectivity index is 0. The lowest BCUT2D eigenvalue weighted by Crippen LogP contribution is -1.97. The predicted octanol–water partition coefficient (Wildman–Crippen LogP) is 1.08. The van der Waals surface area contributed by atoms with Crippen LogP contribution in [0.15, 0.2) is 12.8 Å². The molecule has 0 saturated carbocycles. The summed E-state index contributed by atoms with van der Waals surface area (Å²) < 4.78 is 4.17. The van der Waals surface area contributed by atoms with Crippen molar-refractivity contribution in [3.63, 3.8) is 0 Å². The highest BCUT2D eigenvalue weighted by molar-refractivity contribution is 5.66. The van der Waals surface area contributed by atoms with Crippen LogP contribution in [0.3, 0.4) is 0 Å². The number of ether oxygens (including phenoxy) is 1.